The summed E-state index contributed by atoms with van der Waals surface area (Å²) >= 11 is 1.82. The van der Waals surface area contributed by atoms with Gasteiger partial charge in [0, 0.05) is 6.42 Å². The van der Waals surface area contributed by atoms with Crippen molar-refractivity contribution in [2.24, 2.45) is 0 Å². The lowest BCUT2D eigenvalue weighted by Gasteiger charge is -2.32. The van der Waals surface area contributed by atoms with Crippen LogP contribution in [-0.4, -0.2) is 40.7 Å². The molecule has 0 fully saturated rings. The van der Waals surface area contributed by atoms with Crippen molar-refractivity contribution in [2.45, 2.75) is 43.6 Å². The van der Waals surface area contributed by atoms with Gasteiger partial charge in [-0.3, -0.25) is 9.59 Å². The summed E-state index contributed by atoms with van der Waals surface area (Å²) in [5, 5.41) is 20.8. The Kier molecular flexibility index (Phi) is 10.0. The normalized spacial score (nSPS) is 19.5. The lowest BCUT2D eigenvalue weighted by Crippen LogP contribution is -2.28. The minimum atomic E-state index is -1.31. The minimum Gasteiger partial charge on any atom is -0.481 e. The molecular weight excluding hydrogens is 354 g/mol. The third-order valence-electron chi connectivity index (χ3n) is 3.83. The number of carboxylic acids is 2. The van der Waals surface area contributed by atoms with Crippen LogP contribution in [0.2, 0.25) is 0 Å². The second-order valence-corrected chi connectivity index (χ2v) is 7.08. The fourth-order valence-corrected chi connectivity index (χ4v) is 3.43. The predicted molar refractivity (Wildman–Crippen MR) is 103 cm³/mol. The number of carboxylic acid groups (broad SMARTS) is 2. The molecule has 2 unspecified atom stereocenters. The van der Waals surface area contributed by atoms with Crippen molar-refractivity contribution in [2.75, 3.05) is 13.6 Å². The van der Waals surface area contributed by atoms with Crippen molar-refractivity contribution < 1.29 is 24.5 Å². The fourth-order valence-electron chi connectivity index (χ4n) is 2.46. The molecule has 0 saturated heterocycles. The Hall–Kier alpha value is -1.83. The van der Waals surface area contributed by atoms with Gasteiger partial charge in [-0.15, -0.1) is 0 Å². The molecule has 0 saturated carbocycles. The number of hydrogen-bond donors (Lipinski definition) is 3. The van der Waals surface area contributed by atoms with Crippen LogP contribution in [0.25, 0.3) is 0 Å². The molecule has 1 aromatic rings. The zero-order valence-electron chi connectivity index (χ0n) is 15.2. The lowest BCUT2D eigenvalue weighted by molar-refractivity contribution is -0.147. The standard InChI is InChI=1S/C16H23NOS.C3H4O4/c1-3-16(11-7-13-19-16)18-15(10-12-17-2)14-8-5-4-6-9-14;4-2(5)1-3(6)7/h4-9,13,15,17H,3,10-12H2,1-2H3;1H2,(H,4,5)(H,6,7). The molecule has 7 heteroatoms. The molecule has 0 radical (unpaired) electrons. The Morgan fingerprint density at radius 3 is 2.35 bits per heavy atom. The van der Waals surface area contributed by atoms with Crippen LogP contribution in [0.1, 0.15) is 44.3 Å². The van der Waals surface area contributed by atoms with E-state index in [-0.39, 0.29) is 11.0 Å². The molecule has 0 aromatic heterocycles. The van der Waals surface area contributed by atoms with E-state index in [0.29, 0.717) is 0 Å². The van der Waals surface area contributed by atoms with Crippen molar-refractivity contribution in [1.29, 1.82) is 0 Å². The molecule has 2 rings (SSSR count). The number of hydrogen-bond acceptors (Lipinski definition) is 5. The van der Waals surface area contributed by atoms with E-state index >= 15 is 0 Å². The van der Waals surface area contributed by atoms with Crippen molar-refractivity contribution in [3.05, 3.63) is 47.4 Å². The molecule has 1 heterocycles. The van der Waals surface area contributed by atoms with E-state index in [4.69, 9.17) is 14.9 Å². The van der Waals surface area contributed by atoms with Crippen LogP contribution in [0.15, 0.2) is 41.8 Å². The van der Waals surface area contributed by atoms with E-state index in [9.17, 15) is 9.59 Å². The molecule has 1 aromatic carbocycles. The van der Waals surface area contributed by atoms with Gasteiger partial charge < -0.3 is 20.3 Å². The van der Waals surface area contributed by atoms with Crippen LogP contribution in [0.5, 0.6) is 0 Å². The topological polar surface area (TPSA) is 95.9 Å². The first-order valence-electron chi connectivity index (χ1n) is 8.56. The maximum absolute atomic E-state index is 9.43. The number of benzene rings is 1. The van der Waals surface area contributed by atoms with Gasteiger partial charge in [0.15, 0.2) is 0 Å². The fraction of sp³-hybridized carbons (Fsp3) is 0.474. The second-order valence-electron chi connectivity index (χ2n) is 5.83. The van der Waals surface area contributed by atoms with Gasteiger partial charge in [-0.1, -0.05) is 55.1 Å². The summed E-state index contributed by atoms with van der Waals surface area (Å²) < 4.78 is 6.50. The summed E-state index contributed by atoms with van der Waals surface area (Å²) in [6.45, 7) is 3.18. The van der Waals surface area contributed by atoms with Crippen molar-refractivity contribution >= 4 is 23.7 Å². The van der Waals surface area contributed by atoms with Crippen LogP contribution >= 0.6 is 11.8 Å². The molecule has 0 amide bonds. The molecule has 6 nitrogen and oxygen atoms in total. The van der Waals surface area contributed by atoms with E-state index in [1.807, 2.05) is 18.8 Å². The number of carbonyl (C=O) groups is 2. The van der Waals surface area contributed by atoms with E-state index in [1.54, 1.807) is 0 Å². The highest BCUT2D eigenvalue weighted by molar-refractivity contribution is 8.03. The SMILES string of the molecule is CCC1(OC(CCNC)c2ccccc2)CC=CS1.O=C(O)CC(=O)O. The van der Waals surface area contributed by atoms with Gasteiger partial charge in [-0.2, -0.15) is 0 Å². The molecular formula is C19H27NO5S. The van der Waals surface area contributed by atoms with Crippen LogP contribution < -0.4 is 5.32 Å². The van der Waals surface area contributed by atoms with Crippen molar-refractivity contribution in [3.8, 4) is 0 Å². The smallest absolute Gasteiger partial charge is 0.314 e. The zero-order chi connectivity index (χ0) is 19.4. The van der Waals surface area contributed by atoms with Gasteiger partial charge in [0.2, 0.25) is 0 Å². The molecule has 0 spiro atoms. The van der Waals surface area contributed by atoms with Crippen molar-refractivity contribution in [1.82, 2.24) is 5.32 Å². The Labute approximate surface area is 158 Å². The van der Waals surface area contributed by atoms with Crippen LogP contribution in [0.3, 0.4) is 0 Å². The first kappa shape index (κ1) is 22.2. The summed E-state index contributed by atoms with van der Waals surface area (Å²) in [6.07, 6.45) is 4.63. The summed E-state index contributed by atoms with van der Waals surface area (Å²) in [7, 11) is 1.99. The summed E-state index contributed by atoms with van der Waals surface area (Å²) in [5.74, 6) is -2.62. The van der Waals surface area contributed by atoms with Gasteiger partial charge in [0.05, 0.1) is 6.10 Å². The van der Waals surface area contributed by atoms with Gasteiger partial charge in [-0.05, 0) is 37.4 Å². The van der Waals surface area contributed by atoms with Crippen LogP contribution in [0.4, 0.5) is 0 Å². The Bertz CT molecular complexity index is 571. The maximum Gasteiger partial charge on any atom is 0.314 e. The summed E-state index contributed by atoms with van der Waals surface area (Å²) in [5.41, 5.74) is 1.28. The lowest BCUT2D eigenvalue weighted by atomic mass is 10.1. The number of ether oxygens (including phenoxy) is 1. The van der Waals surface area contributed by atoms with E-state index in [1.165, 1.54) is 5.56 Å². The maximum atomic E-state index is 9.43. The van der Waals surface area contributed by atoms with Crippen LogP contribution in [0, 0.1) is 0 Å². The Morgan fingerprint density at radius 1 is 1.27 bits per heavy atom. The van der Waals surface area contributed by atoms with Gasteiger partial charge in [-0.25, -0.2) is 0 Å². The Morgan fingerprint density at radius 2 is 1.92 bits per heavy atom. The summed E-state index contributed by atoms with van der Waals surface area (Å²) in [6, 6.07) is 10.6. The molecule has 0 aliphatic carbocycles. The second kappa shape index (κ2) is 11.7. The van der Waals surface area contributed by atoms with E-state index in [0.717, 1.165) is 25.8 Å². The summed E-state index contributed by atoms with van der Waals surface area (Å²) in [4.78, 5) is 18.8. The monoisotopic (exact) mass is 381 g/mol. The van der Waals surface area contributed by atoms with Gasteiger partial charge >= 0.3 is 11.9 Å². The number of rotatable bonds is 9. The molecule has 144 valence electrons. The number of thioether (sulfide) groups is 1. The Balaban J connectivity index is 0.000000412. The third kappa shape index (κ3) is 8.03. The predicted octanol–water partition coefficient (Wildman–Crippen LogP) is 3.66. The largest absolute Gasteiger partial charge is 0.481 e. The van der Waals surface area contributed by atoms with Crippen LogP contribution in [-0.2, 0) is 14.3 Å². The van der Waals surface area contributed by atoms with Gasteiger partial charge in [0.25, 0.3) is 0 Å². The highest BCUT2D eigenvalue weighted by Gasteiger charge is 2.34. The average molecular weight is 381 g/mol. The van der Waals surface area contributed by atoms with Gasteiger partial charge in [0.1, 0.15) is 11.4 Å². The van der Waals surface area contributed by atoms with Crippen molar-refractivity contribution in [3.63, 3.8) is 0 Å². The average Bonchev–Trinajstić information content (AvgIpc) is 3.08. The highest BCUT2D eigenvalue weighted by atomic mass is 32.2. The number of nitrogens with one attached hydrogen (secondary N) is 1. The highest BCUT2D eigenvalue weighted by Crippen LogP contribution is 2.44. The van der Waals surface area contributed by atoms with E-state index < -0.39 is 18.4 Å². The third-order valence-corrected chi connectivity index (χ3v) is 5.14. The molecule has 1 aliphatic heterocycles. The minimum absolute atomic E-state index is 0.0613. The number of aliphatic carboxylic acids is 2. The quantitative estimate of drug-likeness (QED) is 0.562. The molecule has 0 bridgehead atoms. The zero-order valence-corrected chi connectivity index (χ0v) is 16.0. The first-order valence-corrected chi connectivity index (χ1v) is 9.44. The molecule has 2 atom stereocenters. The first-order chi connectivity index (χ1) is 12.4. The van der Waals surface area contributed by atoms with E-state index in [2.05, 4.69) is 54.1 Å². The molecule has 26 heavy (non-hydrogen) atoms. The molecule has 1 aliphatic rings. The molecule has 3 N–H and O–H groups in total.